The molecule has 0 saturated carbocycles. The molecule has 4 N–H and O–H groups in total. The smallest absolute Gasteiger partial charge is 0.335 e. The van der Waals surface area contributed by atoms with Gasteiger partial charge in [0.1, 0.15) is 0 Å². The Balaban J connectivity index is 1.97. The molecular formula is C26H27FN4O4. The summed E-state index contributed by atoms with van der Waals surface area (Å²) in [5.41, 5.74) is 9.72. The lowest BCUT2D eigenvalue weighted by molar-refractivity contribution is 0.0697. The molecule has 1 aliphatic heterocycles. The maximum absolute atomic E-state index is 14.3. The number of fused-ring (bicyclic) bond motifs is 1. The molecular weight excluding hydrogens is 451 g/mol. The molecule has 0 unspecified atom stereocenters. The molecule has 0 bridgehead atoms. The van der Waals surface area contributed by atoms with Crippen molar-refractivity contribution >= 4 is 40.6 Å². The Morgan fingerprint density at radius 1 is 1.14 bits per heavy atom. The van der Waals surface area contributed by atoms with E-state index in [0.29, 0.717) is 30.1 Å². The number of halogens is 1. The maximum Gasteiger partial charge on any atom is 0.335 e. The van der Waals surface area contributed by atoms with Gasteiger partial charge >= 0.3 is 5.97 Å². The fourth-order valence-electron chi connectivity index (χ4n) is 4.59. The van der Waals surface area contributed by atoms with E-state index in [1.807, 2.05) is 22.8 Å². The molecule has 9 heteroatoms. The van der Waals surface area contributed by atoms with Crippen LogP contribution in [0.25, 0.3) is 0 Å². The molecule has 0 spiro atoms. The number of carbonyl (C=O) groups is 1. The first-order chi connectivity index (χ1) is 16.7. The summed E-state index contributed by atoms with van der Waals surface area (Å²) < 4.78 is 25.1. The van der Waals surface area contributed by atoms with Crippen molar-refractivity contribution in [1.29, 1.82) is 5.41 Å². The molecule has 0 aromatic heterocycles. The predicted octanol–water partition coefficient (Wildman–Crippen LogP) is 4.81. The first-order valence-electron chi connectivity index (χ1n) is 10.9. The predicted molar refractivity (Wildman–Crippen MR) is 135 cm³/mol. The van der Waals surface area contributed by atoms with Gasteiger partial charge in [-0.2, -0.15) is 0 Å². The average Bonchev–Trinajstić information content (AvgIpc) is 2.84. The first kappa shape index (κ1) is 24.0. The molecule has 0 saturated heterocycles. The SMILES string of the molecule is COC[C@@]1(C)CN(c2ccc(C(=O)O)cc2)c2cc(N)c(C=N)cc2N1c1ccc(F)c(OC)c1. The first-order valence-corrected chi connectivity index (χ1v) is 10.9. The third-order valence-electron chi connectivity index (χ3n) is 6.18. The zero-order valence-corrected chi connectivity index (χ0v) is 19.7. The summed E-state index contributed by atoms with van der Waals surface area (Å²) in [4.78, 5) is 15.4. The van der Waals surface area contributed by atoms with E-state index in [9.17, 15) is 14.3 Å². The topological polar surface area (TPSA) is 112 Å². The molecule has 4 rings (SSSR count). The Bertz CT molecular complexity index is 1280. The van der Waals surface area contributed by atoms with E-state index in [1.54, 1.807) is 49.6 Å². The number of benzene rings is 3. The fourth-order valence-corrected chi connectivity index (χ4v) is 4.59. The van der Waals surface area contributed by atoms with Gasteiger partial charge in [-0.3, -0.25) is 0 Å². The van der Waals surface area contributed by atoms with Crippen LogP contribution in [-0.4, -0.2) is 50.2 Å². The van der Waals surface area contributed by atoms with Crippen molar-refractivity contribution in [3.05, 3.63) is 71.5 Å². The van der Waals surface area contributed by atoms with E-state index in [2.05, 4.69) is 0 Å². The second kappa shape index (κ2) is 9.27. The summed E-state index contributed by atoms with van der Waals surface area (Å²) in [6, 6.07) is 14.9. The summed E-state index contributed by atoms with van der Waals surface area (Å²) >= 11 is 0. The summed E-state index contributed by atoms with van der Waals surface area (Å²) in [7, 11) is 3.03. The Morgan fingerprint density at radius 3 is 2.43 bits per heavy atom. The van der Waals surface area contributed by atoms with Gasteiger partial charge in [-0.1, -0.05) is 0 Å². The van der Waals surface area contributed by atoms with Gasteiger partial charge in [0.05, 0.1) is 36.2 Å². The average molecular weight is 479 g/mol. The molecule has 3 aromatic rings. The molecule has 3 aromatic carbocycles. The van der Waals surface area contributed by atoms with Crippen LogP contribution >= 0.6 is 0 Å². The van der Waals surface area contributed by atoms with Gasteiger partial charge in [0.15, 0.2) is 11.6 Å². The number of nitrogen functional groups attached to an aromatic ring is 1. The quantitative estimate of drug-likeness (QED) is 0.330. The second-order valence-corrected chi connectivity index (χ2v) is 8.64. The molecule has 0 radical (unpaired) electrons. The maximum atomic E-state index is 14.3. The van der Waals surface area contributed by atoms with Crippen LogP contribution in [-0.2, 0) is 4.74 Å². The van der Waals surface area contributed by atoms with E-state index >= 15 is 0 Å². The molecule has 0 amide bonds. The number of hydrogen-bond donors (Lipinski definition) is 3. The molecule has 1 aliphatic rings. The molecule has 0 aliphatic carbocycles. The van der Waals surface area contributed by atoms with Gasteiger partial charge < -0.3 is 35.5 Å². The minimum atomic E-state index is -1.00. The van der Waals surface area contributed by atoms with Crippen LogP contribution in [0.15, 0.2) is 54.6 Å². The minimum Gasteiger partial charge on any atom is -0.494 e. The lowest BCUT2D eigenvalue weighted by Crippen LogP contribution is -2.57. The third-order valence-corrected chi connectivity index (χ3v) is 6.18. The Hall–Kier alpha value is -4.11. The number of nitrogens with zero attached hydrogens (tertiary/aromatic N) is 2. The number of ether oxygens (including phenoxy) is 2. The molecule has 1 atom stereocenters. The number of aromatic carboxylic acids is 1. The number of nitrogens with two attached hydrogens (primary N) is 1. The third kappa shape index (κ3) is 4.26. The molecule has 0 fully saturated rings. The largest absolute Gasteiger partial charge is 0.494 e. The Labute approximate surface area is 202 Å². The van der Waals surface area contributed by atoms with Crippen LogP contribution in [0, 0.1) is 11.2 Å². The molecule has 35 heavy (non-hydrogen) atoms. The van der Waals surface area contributed by atoms with Crippen LogP contribution in [0.4, 0.5) is 32.8 Å². The summed E-state index contributed by atoms with van der Waals surface area (Å²) in [6.07, 6.45) is 1.19. The van der Waals surface area contributed by atoms with Gasteiger partial charge in [-0.15, -0.1) is 0 Å². The van der Waals surface area contributed by atoms with Crippen molar-refractivity contribution in [2.45, 2.75) is 12.5 Å². The highest BCUT2D eigenvalue weighted by molar-refractivity contribution is 5.95. The lowest BCUT2D eigenvalue weighted by Gasteiger charge is -2.51. The van der Waals surface area contributed by atoms with Crippen molar-refractivity contribution in [3.63, 3.8) is 0 Å². The molecule has 8 nitrogen and oxygen atoms in total. The lowest BCUT2D eigenvalue weighted by atomic mass is 9.91. The van der Waals surface area contributed by atoms with Crippen molar-refractivity contribution in [3.8, 4) is 5.75 Å². The number of anilines is 5. The highest BCUT2D eigenvalue weighted by atomic mass is 19.1. The van der Waals surface area contributed by atoms with Gasteiger partial charge in [-0.05, 0) is 55.5 Å². The normalized spacial score (nSPS) is 17.1. The standard InChI is InChI=1S/C26H27FN4O4/c1-26(15-34-2)14-30(18-6-4-16(5-7-18)25(32)33)22-12-21(29)17(13-28)10-23(22)31(26)19-8-9-20(27)24(11-19)35-3/h4-13,28H,14-15,29H2,1-3H3,(H,32,33)/t26-/m1/s1. The molecule has 182 valence electrons. The van der Waals surface area contributed by atoms with Crippen molar-refractivity contribution in [2.75, 3.05) is 42.9 Å². The minimum absolute atomic E-state index is 0.109. The Morgan fingerprint density at radius 2 is 1.83 bits per heavy atom. The second-order valence-electron chi connectivity index (χ2n) is 8.64. The van der Waals surface area contributed by atoms with E-state index in [1.165, 1.54) is 19.4 Å². The van der Waals surface area contributed by atoms with Crippen LogP contribution in [0.1, 0.15) is 22.8 Å². The van der Waals surface area contributed by atoms with Gasteiger partial charge in [-0.25, -0.2) is 9.18 Å². The highest BCUT2D eigenvalue weighted by Gasteiger charge is 2.42. The number of methoxy groups -OCH3 is 2. The fraction of sp³-hybridized carbons (Fsp3) is 0.231. The van der Waals surface area contributed by atoms with Crippen LogP contribution in [0.3, 0.4) is 0 Å². The van der Waals surface area contributed by atoms with E-state index < -0.39 is 17.3 Å². The van der Waals surface area contributed by atoms with Gasteiger partial charge in [0, 0.05) is 48.6 Å². The van der Waals surface area contributed by atoms with Crippen LogP contribution < -0.4 is 20.3 Å². The Kier molecular flexibility index (Phi) is 6.36. The monoisotopic (exact) mass is 478 g/mol. The van der Waals surface area contributed by atoms with E-state index in [4.69, 9.17) is 20.6 Å². The zero-order chi connectivity index (χ0) is 25.3. The van der Waals surface area contributed by atoms with Crippen molar-refractivity contribution in [2.24, 2.45) is 0 Å². The van der Waals surface area contributed by atoms with Crippen LogP contribution in [0.5, 0.6) is 5.75 Å². The van der Waals surface area contributed by atoms with E-state index in [-0.39, 0.29) is 11.3 Å². The molecule has 1 heterocycles. The highest BCUT2D eigenvalue weighted by Crippen LogP contribution is 2.49. The van der Waals surface area contributed by atoms with Crippen molar-refractivity contribution in [1.82, 2.24) is 0 Å². The van der Waals surface area contributed by atoms with Gasteiger partial charge in [0.25, 0.3) is 0 Å². The number of carboxylic acids is 1. The van der Waals surface area contributed by atoms with Crippen LogP contribution in [0.2, 0.25) is 0 Å². The number of nitrogens with one attached hydrogen (secondary N) is 1. The number of carboxylic acid groups (broad SMARTS) is 1. The number of hydrogen-bond acceptors (Lipinski definition) is 7. The van der Waals surface area contributed by atoms with E-state index in [0.717, 1.165) is 17.1 Å². The summed E-state index contributed by atoms with van der Waals surface area (Å²) in [5.74, 6) is -1.37. The zero-order valence-electron chi connectivity index (χ0n) is 19.7. The summed E-state index contributed by atoms with van der Waals surface area (Å²) in [6.45, 7) is 2.79. The number of rotatable bonds is 7. The van der Waals surface area contributed by atoms with Crippen molar-refractivity contribution < 1.29 is 23.8 Å². The van der Waals surface area contributed by atoms with Gasteiger partial charge in [0.2, 0.25) is 0 Å². The summed E-state index contributed by atoms with van der Waals surface area (Å²) in [5, 5.41) is 17.1.